The summed E-state index contributed by atoms with van der Waals surface area (Å²) in [6.07, 6.45) is -2.58. The molecule has 0 spiro atoms. The van der Waals surface area contributed by atoms with Crippen molar-refractivity contribution in [2.24, 2.45) is 0 Å². The van der Waals surface area contributed by atoms with Crippen LogP contribution in [0.2, 0.25) is 5.02 Å². The summed E-state index contributed by atoms with van der Waals surface area (Å²) in [4.78, 5) is 0. The third-order valence-corrected chi connectivity index (χ3v) is 2.57. The lowest BCUT2D eigenvalue weighted by atomic mass is 10.2. The van der Waals surface area contributed by atoms with Gasteiger partial charge in [-0.25, -0.2) is 8.78 Å². The molecule has 2 nitrogen and oxygen atoms in total. The molecule has 14 heavy (non-hydrogen) atoms. The van der Waals surface area contributed by atoms with Crippen molar-refractivity contribution in [3.05, 3.63) is 27.3 Å². The minimum absolute atomic E-state index is 0.205. The van der Waals surface area contributed by atoms with Gasteiger partial charge in [-0.2, -0.15) is 5.10 Å². The number of hydrogen-bond acceptors (Lipinski definition) is 1. The molecule has 0 saturated carbocycles. The van der Waals surface area contributed by atoms with Crippen LogP contribution in [0.25, 0.3) is 10.9 Å². The number of fused-ring (bicyclic) bond motifs is 1. The second-order valence-corrected chi connectivity index (χ2v) is 4.04. The van der Waals surface area contributed by atoms with Crippen molar-refractivity contribution in [2.45, 2.75) is 6.43 Å². The van der Waals surface area contributed by atoms with Crippen LogP contribution in [-0.4, -0.2) is 10.2 Å². The molecule has 0 radical (unpaired) electrons. The van der Waals surface area contributed by atoms with E-state index in [0.717, 1.165) is 0 Å². The fourth-order valence-electron chi connectivity index (χ4n) is 1.23. The summed E-state index contributed by atoms with van der Waals surface area (Å²) in [5, 5.41) is 6.69. The molecule has 0 atom stereocenters. The number of rotatable bonds is 1. The lowest BCUT2D eigenvalue weighted by Crippen LogP contribution is -1.84. The molecule has 0 amide bonds. The highest BCUT2D eigenvalue weighted by atomic mass is 79.9. The van der Waals surface area contributed by atoms with Gasteiger partial charge in [0.05, 0.1) is 5.02 Å². The van der Waals surface area contributed by atoms with Gasteiger partial charge in [0.25, 0.3) is 6.43 Å². The molecule has 0 saturated heterocycles. The van der Waals surface area contributed by atoms with Gasteiger partial charge in [-0.15, -0.1) is 0 Å². The van der Waals surface area contributed by atoms with Gasteiger partial charge >= 0.3 is 0 Å². The lowest BCUT2D eigenvalue weighted by Gasteiger charge is -1.97. The van der Waals surface area contributed by atoms with Crippen LogP contribution in [-0.2, 0) is 0 Å². The van der Waals surface area contributed by atoms with Crippen molar-refractivity contribution < 1.29 is 8.78 Å². The Hall–Kier alpha value is -0.680. The molecule has 0 bridgehead atoms. The summed E-state index contributed by atoms with van der Waals surface area (Å²) < 4.78 is 25.6. The normalized spacial score (nSPS) is 11.5. The van der Waals surface area contributed by atoms with Gasteiger partial charge < -0.3 is 0 Å². The van der Waals surface area contributed by atoms with Crippen molar-refractivity contribution >= 4 is 38.4 Å². The molecule has 0 aliphatic carbocycles. The molecular weight excluding hydrogens is 277 g/mol. The maximum Gasteiger partial charge on any atom is 0.280 e. The Morgan fingerprint density at radius 1 is 1.43 bits per heavy atom. The molecule has 1 aromatic carbocycles. The maximum absolute atomic E-state index is 12.5. The molecule has 0 unspecified atom stereocenters. The van der Waals surface area contributed by atoms with E-state index in [9.17, 15) is 8.78 Å². The predicted octanol–water partition coefficient (Wildman–Crippen LogP) is 3.92. The van der Waals surface area contributed by atoms with Gasteiger partial charge in [0.15, 0.2) is 0 Å². The number of aromatic nitrogens is 2. The average Bonchev–Trinajstić information content (AvgIpc) is 2.47. The van der Waals surface area contributed by atoms with Crippen LogP contribution in [0.5, 0.6) is 0 Å². The van der Waals surface area contributed by atoms with Gasteiger partial charge in [-0.1, -0.05) is 27.5 Å². The maximum atomic E-state index is 12.5. The minimum Gasteiger partial charge on any atom is -0.275 e. The lowest BCUT2D eigenvalue weighted by molar-refractivity contribution is 0.147. The first-order valence-electron chi connectivity index (χ1n) is 3.70. The number of benzene rings is 1. The van der Waals surface area contributed by atoms with Crippen LogP contribution in [0, 0.1) is 0 Å². The summed E-state index contributed by atoms with van der Waals surface area (Å²) in [5.74, 6) is 0. The SMILES string of the molecule is FC(F)c1[nH]nc2c(Cl)cc(Br)cc12. The number of halogens is 4. The minimum atomic E-state index is -2.58. The van der Waals surface area contributed by atoms with E-state index >= 15 is 0 Å². The Kier molecular flexibility index (Phi) is 2.45. The van der Waals surface area contributed by atoms with Gasteiger partial charge in [0.1, 0.15) is 11.2 Å². The van der Waals surface area contributed by atoms with Gasteiger partial charge in [-0.3, -0.25) is 5.10 Å². The highest BCUT2D eigenvalue weighted by molar-refractivity contribution is 9.10. The summed E-state index contributed by atoms with van der Waals surface area (Å²) in [7, 11) is 0. The molecule has 1 heterocycles. The Morgan fingerprint density at radius 2 is 2.14 bits per heavy atom. The Bertz CT molecular complexity index is 483. The quantitative estimate of drug-likeness (QED) is 0.843. The van der Waals surface area contributed by atoms with Crippen LogP contribution in [0.15, 0.2) is 16.6 Å². The summed E-state index contributed by atoms with van der Waals surface area (Å²) >= 11 is 9.00. The van der Waals surface area contributed by atoms with Crippen molar-refractivity contribution in [2.75, 3.05) is 0 Å². The molecule has 0 aliphatic heterocycles. The van der Waals surface area contributed by atoms with E-state index in [2.05, 4.69) is 26.1 Å². The Morgan fingerprint density at radius 3 is 2.79 bits per heavy atom. The zero-order chi connectivity index (χ0) is 10.3. The highest BCUT2D eigenvalue weighted by Gasteiger charge is 2.16. The molecule has 6 heteroatoms. The van der Waals surface area contributed by atoms with Crippen molar-refractivity contribution in [3.8, 4) is 0 Å². The predicted molar refractivity (Wildman–Crippen MR) is 53.8 cm³/mol. The Labute approximate surface area is 91.4 Å². The average molecular weight is 281 g/mol. The summed E-state index contributed by atoms with van der Waals surface area (Å²) in [5.41, 5.74) is 0.161. The number of H-pyrrole nitrogens is 1. The van der Waals surface area contributed by atoms with E-state index in [1.165, 1.54) is 0 Å². The van der Waals surface area contributed by atoms with Gasteiger partial charge in [0, 0.05) is 9.86 Å². The van der Waals surface area contributed by atoms with Crippen LogP contribution in [0.3, 0.4) is 0 Å². The molecule has 2 aromatic rings. The van der Waals surface area contributed by atoms with E-state index in [0.29, 0.717) is 20.4 Å². The van der Waals surface area contributed by atoms with Crippen LogP contribution >= 0.6 is 27.5 Å². The fraction of sp³-hybridized carbons (Fsp3) is 0.125. The fourth-order valence-corrected chi connectivity index (χ4v) is 2.08. The van der Waals surface area contributed by atoms with Crippen molar-refractivity contribution in [1.29, 1.82) is 0 Å². The number of alkyl halides is 2. The first kappa shape index (κ1) is 9.86. The molecular formula is C8H4BrClF2N2. The third kappa shape index (κ3) is 1.50. The summed E-state index contributed by atoms with van der Waals surface area (Å²) in [6, 6.07) is 3.17. The van der Waals surface area contributed by atoms with E-state index in [-0.39, 0.29) is 5.69 Å². The van der Waals surface area contributed by atoms with E-state index in [1.807, 2.05) is 0 Å². The number of nitrogens with zero attached hydrogens (tertiary/aromatic N) is 1. The zero-order valence-electron chi connectivity index (χ0n) is 6.69. The molecule has 0 aliphatic rings. The van der Waals surface area contributed by atoms with Gasteiger partial charge in [-0.05, 0) is 12.1 Å². The van der Waals surface area contributed by atoms with Crippen LogP contribution in [0.1, 0.15) is 12.1 Å². The number of nitrogens with one attached hydrogen (secondary N) is 1. The van der Waals surface area contributed by atoms with E-state index < -0.39 is 6.43 Å². The highest BCUT2D eigenvalue weighted by Crippen LogP contribution is 2.32. The van der Waals surface area contributed by atoms with Crippen LogP contribution in [0.4, 0.5) is 8.78 Å². The van der Waals surface area contributed by atoms with E-state index in [4.69, 9.17) is 11.6 Å². The van der Waals surface area contributed by atoms with Gasteiger partial charge in [0.2, 0.25) is 0 Å². The zero-order valence-corrected chi connectivity index (χ0v) is 9.03. The molecule has 1 N–H and O–H groups in total. The van der Waals surface area contributed by atoms with Crippen molar-refractivity contribution in [1.82, 2.24) is 10.2 Å². The molecule has 0 fully saturated rings. The first-order valence-corrected chi connectivity index (χ1v) is 4.88. The molecule has 1 aromatic heterocycles. The van der Waals surface area contributed by atoms with Crippen LogP contribution < -0.4 is 0 Å². The number of hydrogen-bond donors (Lipinski definition) is 1. The smallest absolute Gasteiger partial charge is 0.275 e. The Balaban J connectivity index is 2.78. The third-order valence-electron chi connectivity index (χ3n) is 1.82. The first-order chi connectivity index (χ1) is 6.59. The van der Waals surface area contributed by atoms with E-state index in [1.54, 1.807) is 12.1 Å². The molecule has 74 valence electrons. The largest absolute Gasteiger partial charge is 0.280 e. The standard InChI is InChI=1S/C8H4BrClF2N2/c9-3-1-4-6(5(10)2-3)13-14-7(4)8(11)12/h1-2,8H,(H,13,14). The summed E-state index contributed by atoms with van der Waals surface area (Å²) in [6.45, 7) is 0. The van der Waals surface area contributed by atoms with Crippen molar-refractivity contribution in [3.63, 3.8) is 0 Å². The molecule has 2 rings (SSSR count). The topological polar surface area (TPSA) is 28.7 Å². The second-order valence-electron chi connectivity index (χ2n) is 2.72. The second kappa shape index (κ2) is 3.47. The number of aromatic amines is 1. The monoisotopic (exact) mass is 280 g/mol.